The predicted molar refractivity (Wildman–Crippen MR) is 89.8 cm³/mol. The van der Waals surface area contributed by atoms with Crippen molar-refractivity contribution in [3.8, 4) is 11.5 Å². The van der Waals surface area contributed by atoms with E-state index in [2.05, 4.69) is 0 Å². The number of likely N-dealkylation sites (tertiary alicyclic amines) is 1. The van der Waals surface area contributed by atoms with Crippen LogP contribution in [0.5, 0.6) is 11.5 Å². The van der Waals surface area contributed by atoms with E-state index in [1.54, 1.807) is 18.2 Å². The van der Waals surface area contributed by atoms with Crippen molar-refractivity contribution < 1.29 is 27.8 Å². The maximum atomic E-state index is 12.5. The van der Waals surface area contributed by atoms with Gasteiger partial charge < -0.3 is 19.5 Å². The van der Waals surface area contributed by atoms with E-state index in [-0.39, 0.29) is 38.0 Å². The van der Waals surface area contributed by atoms with Crippen LogP contribution in [-0.2, 0) is 21.2 Å². The summed E-state index contributed by atoms with van der Waals surface area (Å²) < 4.78 is 35.7. The number of β-amino-alcohol motifs (C(OH)–C–C–N with tert-alkyl or cyclic N) is 1. The largest absolute Gasteiger partial charge is 0.454 e. The van der Waals surface area contributed by atoms with Crippen LogP contribution in [0.1, 0.15) is 5.56 Å². The minimum absolute atomic E-state index is 0.150. The monoisotopic (exact) mass is 370 g/mol. The number of fused-ring (bicyclic) bond motifs is 1. The fraction of sp³-hybridized carbons (Fsp3) is 0.562. The van der Waals surface area contributed by atoms with Gasteiger partial charge in [-0.15, -0.1) is 0 Å². The van der Waals surface area contributed by atoms with Crippen molar-refractivity contribution in [3.63, 3.8) is 0 Å². The van der Waals surface area contributed by atoms with E-state index >= 15 is 0 Å². The molecule has 0 aromatic heterocycles. The Morgan fingerprint density at radius 1 is 1.28 bits per heavy atom. The molecule has 1 saturated heterocycles. The summed E-state index contributed by atoms with van der Waals surface area (Å²) in [5.41, 5.74) is 0.785. The molecule has 0 radical (unpaired) electrons. The van der Waals surface area contributed by atoms with Gasteiger partial charge in [0.15, 0.2) is 11.5 Å². The van der Waals surface area contributed by atoms with Crippen molar-refractivity contribution in [1.82, 2.24) is 9.21 Å². The Bertz CT molecular complexity index is 764. The number of amides is 1. The van der Waals surface area contributed by atoms with Crippen LogP contribution in [0.2, 0.25) is 0 Å². The summed E-state index contributed by atoms with van der Waals surface area (Å²) >= 11 is 0. The average molecular weight is 370 g/mol. The van der Waals surface area contributed by atoms with E-state index in [9.17, 15) is 18.3 Å². The molecule has 1 aromatic carbocycles. The lowest BCUT2D eigenvalue weighted by Crippen LogP contribution is -2.34. The van der Waals surface area contributed by atoms with E-state index < -0.39 is 22.0 Å². The molecule has 1 amide bonds. The molecule has 25 heavy (non-hydrogen) atoms. The molecule has 2 aliphatic rings. The van der Waals surface area contributed by atoms with Crippen molar-refractivity contribution in [2.45, 2.75) is 12.5 Å². The molecular formula is C16H22N2O6S. The van der Waals surface area contributed by atoms with Crippen LogP contribution >= 0.6 is 0 Å². The van der Waals surface area contributed by atoms with Crippen molar-refractivity contribution in [2.75, 3.05) is 39.7 Å². The molecule has 0 unspecified atom stereocenters. The predicted octanol–water partition coefficient (Wildman–Crippen LogP) is -0.331. The van der Waals surface area contributed by atoms with Crippen LogP contribution in [0.15, 0.2) is 18.2 Å². The van der Waals surface area contributed by atoms with E-state index in [0.29, 0.717) is 11.5 Å². The summed E-state index contributed by atoms with van der Waals surface area (Å²) in [6.45, 7) is 0.557. The number of benzene rings is 1. The van der Waals surface area contributed by atoms with Gasteiger partial charge in [-0.2, -0.15) is 0 Å². The molecule has 1 fully saturated rings. The minimum atomic E-state index is -3.42. The lowest BCUT2D eigenvalue weighted by Gasteiger charge is -2.18. The van der Waals surface area contributed by atoms with Gasteiger partial charge in [0.2, 0.25) is 22.7 Å². The normalized spacial score (nSPS) is 22.6. The molecule has 1 aromatic rings. The van der Waals surface area contributed by atoms with Crippen LogP contribution in [0.4, 0.5) is 0 Å². The van der Waals surface area contributed by atoms with E-state index in [4.69, 9.17) is 9.47 Å². The third-order valence-electron chi connectivity index (χ3n) is 4.53. The SMILES string of the molecule is CN(C)S(=O)(=O)C[C@@H]1CN(C(=O)Cc2ccc3c(c2)OCO3)C[C@H]1O. The Morgan fingerprint density at radius 2 is 2.00 bits per heavy atom. The number of carbonyl (C=O) groups is 1. The van der Waals surface area contributed by atoms with E-state index in [1.165, 1.54) is 19.0 Å². The highest BCUT2D eigenvalue weighted by atomic mass is 32.2. The van der Waals surface area contributed by atoms with Crippen LogP contribution in [0.3, 0.4) is 0 Å². The third-order valence-corrected chi connectivity index (χ3v) is 6.49. The first kappa shape index (κ1) is 18.0. The molecule has 9 heteroatoms. The topological polar surface area (TPSA) is 96.4 Å². The summed E-state index contributed by atoms with van der Waals surface area (Å²) in [5.74, 6) is 0.467. The van der Waals surface area contributed by atoms with Crippen molar-refractivity contribution in [3.05, 3.63) is 23.8 Å². The number of sulfonamides is 1. The number of nitrogens with zero attached hydrogens (tertiary/aromatic N) is 2. The van der Waals surface area contributed by atoms with Crippen molar-refractivity contribution >= 4 is 15.9 Å². The second-order valence-corrected chi connectivity index (χ2v) is 8.78. The van der Waals surface area contributed by atoms with Gasteiger partial charge >= 0.3 is 0 Å². The maximum absolute atomic E-state index is 12.5. The Morgan fingerprint density at radius 3 is 2.72 bits per heavy atom. The molecule has 0 spiro atoms. The smallest absolute Gasteiger partial charge is 0.231 e. The molecule has 3 rings (SSSR count). The average Bonchev–Trinajstić information content (AvgIpc) is 3.13. The molecule has 1 N–H and O–H groups in total. The van der Waals surface area contributed by atoms with Crippen molar-refractivity contribution in [1.29, 1.82) is 0 Å². The van der Waals surface area contributed by atoms with Gasteiger partial charge in [0.05, 0.1) is 18.3 Å². The van der Waals surface area contributed by atoms with Gasteiger partial charge in [0, 0.05) is 33.1 Å². The molecule has 2 aliphatic heterocycles. The van der Waals surface area contributed by atoms with Crippen LogP contribution in [0, 0.1) is 5.92 Å². The Balaban J connectivity index is 1.62. The van der Waals surface area contributed by atoms with E-state index in [1.807, 2.05) is 0 Å². The number of rotatable bonds is 5. The summed E-state index contributed by atoms with van der Waals surface area (Å²) in [6, 6.07) is 5.32. The Labute approximate surface area is 147 Å². The maximum Gasteiger partial charge on any atom is 0.231 e. The highest BCUT2D eigenvalue weighted by Gasteiger charge is 2.37. The van der Waals surface area contributed by atoms with E-state index in [0.717, 1.165) is 9.87 Å². The van der Waals surface area contributed by atoms with Gasteiger partial charge in [-0.1, -0.05) is 6.07 Å². The first-order valence-electron chi connectivity index (χ1n) is 8.01. The molecule has 8 nitrogen and oxygen atoms in total. The molecule has 0 aliphatic carbocycles. The quantitative estimate of drug-likeness (QED) is 0.762. The fourth-order valence-corrected chi connectivity index (χ4v) is 4.15. The van der Waals surface area contributed by atoms with Gasteiger partial charge in [0.1, 0.15) is 0 Å². The molecule has 2 atom stereocenters. The van der Waals surface area contributed by atoms with Gasteiger partial charge in [-0.25, -0.2) is 12.7 Å². The standard InChI is InChI=1S/C16H22N2O6S/c1-17(2)25(21,22)9-12-7-18(8-13(12)19)16(20)6-11-3-4-14-15(5-11)24-10-23-14/h3-5,12-13,19H,6-10H2,1-2H3/t12-,13+/m0/s1. The molecular weight excluding hydrogens is 348 g/mol. The van der Waals surface area contributed by atoms with Gasteiger partial charge in [-0.3, -0.25) is 4.79 Å². The molecule has 0 bridgehead atoms. The molecule has 2 heterocycles. The van der Waals surface area contributed by atoms with Crippen LogP contribution < -0.4 is 9.47 Å². The third kappa shape index (κ3) is 3.88. The number of hydrogen-bond acceptors (Lipinski definition) is 6. The summed E-state index contributed by atoms with van der Waals surface area (Å²) in [5, 5.41) is 10.1. The summed E-state index contributed by atoms with van der Waals surface area (Å²) in [7, 11) is -0.509. The Kier molecular flexibility index (Phi) is 4.90. The highest BCUT2D eigenvalue weighted by Crippen LogP contribution is 2.32. The number of ether oxygens (including phenoxy) is 2. The van der Waals surface area contributed by atoms with Crippen molar-refractivity contribution in [2.24, 2.45) is 5.92 Å². The zero-order valence-corrected chi connectivity index (χ0v) is 15.0. The number of aliphatic hydroxyl groups excluding tert-OH is 1. The minimum Gasteiger partial charge on any atom is -0.454 e. The number of carbonyl (C=O) groups excluding carboxylic acids is 1. The van der Waals surface area contributed by atoms with Crippen LogP contribution in [0.25, 0.3) is 0 Å². The lowest BCUT2D eigenvalue weighted by atomic mass is 10.1. The summed E-state index contributed by atoms with van der Waals surface area (Å²) in [4.78, 5) is 14.0. The van der Waals surface area contributed by atoms with Gasteiger partial charge in [-0.05, 0) is 17.7 Å². The lowest BCUT2D eigenvalue weighted by molar-refractivity contribution is -0.129. The summed E-state index contributed by atoms with van der Waals surface area (Å²) in [6.07, 6.45) is -0.674. The first-order chi connectivity index (χ1) is 11.8. The zero-order valence-electron chi connectivity index (χ0n) is 14.2. The first-order valence-corrected chi connectivity index (χ1v) is 9.62. The Hall–Kier alpha value is -1.84. The molecule has 0 saturated carbocycles. The number of aliphatic hydroxyl groups is 1. The van der Waals surface area contributed by atoms with Crippen LogP contribution in [-0.4, -0.2) is 74.5 Å². The second kappa shape index (κ2) is 6.81. The van der Waals surface area contributed by atoms with Gasteiger partial charge in [0.25, 0.3) is 0 Å². The highest BCUT2D eigenvalue weighted by molar-refractivity contribution is 7.89. The fourth-order valence-electron chi connectivity index (χ4n) is 2.98. The molecule has 138 valence electrons. The zero-order chi connectivity index (χ0) is 18.2. The number of hydrogen-bond donors (Lipinski definition) is 1. The second-order valence-electron chi connectivity index (χ2n) is 6.55.